The van der Waals surface area contributed by atoms with E-state index in [1.807, 2.05) is 18.2 Å². The van der Waals surface area contributed by atoms with Gasteiger partial charge in [-0.1, -0.05) is 48.3 Å². The molecule has 0 aromatic heterocycles. The molecule has 27 heavy (non-hydrogen) atoms. The van der Waals surface area contributed by atoms with Crippen molar-refractivity contribution < 1.29 is 9.53 Å². The number of likely N-dealkylation sites (tertiary alicyclic amines) is 1. The zero-order chi connectivity index (χ0) is 19.4. The van der Waals surface area contributed by atoms with E-state index in [1.165, 1.54) is 11.1 Å². The molecule has 1 amide bonds. The van der Waals surface area contributed by atoms with Gasteiger partial charge in [0.25, 0.3) is 0 Å². The van der Waals surface area contributed by atoms with Crippen LogP contribution in [0, 0.1) is 5.92 Å². The molecule has 0 saturated carbocycles. The largest absolute Gasteiger partial charge is 0.489 e. The van der Waals surface area contributed by atoms with E-state index in [9.17, 15) is 4.79 Å². The fourth-order valence-corrected chi connectivity index (χ4v) is 3.59. The quantitative estimate of drug-likeness (QED) is 0.744. The number of rotatable bonds is 7. The van der Waals surface area contributed by atoms with Crippen LogP contribution in [0.15, 0.2) is 36.4 Å². The van der Waals surface area contributed by atoms with Crippen molar-refractivity contribution in [1.29, 1.82) is 0 Å². The third-order valence-electron chi connectivity index (χ3n) is 4.86. The molecular weight excluding hydrogens is 383 g/mol. The third kappa shape index (κ3) is 4.95. The van der Waals surface area contributed by atoms with Crippen molar-refractivity contribution in [3.8, 4) is 5.75 Å². The van der Waals surface area contributed by atoms with Gasteiger partial charge >= 0.3 is 0 Å². The van der Waals surface area contributed by atoms with E-state index in [2.05, 4.69) is 29.3 Å². The lowest BCUT2D eigenvalue weighted by Gasteiger charge is -2.38. The van der Waals surface area contributed by atoms with E-state index >= 15 is 0 Å². The number of carbonyl (C=O) groups excluding carboxylic acids is 1. The Morgan fingerprint density at radius 1 is 1.15 bits per heavy atom. The van der Waals surface area contributed by atoms with Gasteiger partial charge in [-0.25, -0.2) is 0 Å². The van der Waals surface area contributed by atoms with Gasteiger partial charge in [0, 0.05) is 26.7 Å². The molecule has 1 aliphatic heterocycles. The highest BCUT2D eigenvalue weighted by Gasteiger charge is 2.31. The van der Waals surface area contributed by atoms with Crippen molar-refractivity contribution in [3.05, 3.63) is 63.1 Å². The van der Waals surface area contributed by atoms with E-state index in [4.69, 9.17) is 27.9 Å². The van der Waals surface area contributed by atoms with Crippen molar-refractivity contribution in [2.45, 2.75) is 26.5 Å². The number of hydrogen-bond donors (Lipinski definition) is 1. The summed E-state index contributed by atoms with van der Waals surface area (Å²) < 4.78 is 6.00. The normalized spacial score (nSPS) is 14.7. The first-order valence-corrected chi connectivity index (χ1v) is 9.88. The van der Waals surface area contributed by atoms with Gasteiger partial charge in [0.1, 0.15) is 12.4 Å². The molecule has 1 saturated heterocycles. The maximum atomic E-state index is 11.6. The minimum Gasteiger partial charge on any atom is -0.489 e. The number of benzene rings is 2. The summed E-state index contributed by atoms with van der Waals surface area (Å²) in [5.74, 6) is 1.14. The lowest BCUT2D eigenvalue weighted by atomic mass is 9.98. The maximum absolute atomic E-state index is 11.6. The summed E-state index contributed by atoms with van der Waals surface area (Å²) in [6.07, 6.45) is 0.894. The molecule has 1 aliphatic rings. The number of ether oxygens (including phenoxy) is 1. The average molecular weight is 407 g/mol. The highest BCUT2D eigenvalue weighted by Crippen LogP contribution is 2.27. The van der Waals surface area contributed by atoms with Crippen LogP contribution in [0.25, 0.3) is 0 Å². The van der Waals surface area contributed by atoms with Crippen LogP contribution in [-0.2, 0) is 24.4 Å². The van der Waals surface area contributed by atoms with Crippen LogP contribution in [0.2, 0.25) is 10.0 Å². The second-order valence-electron chi connectivity index (χ2n) is 6.84. The molecule has 0 spiro atoms. The second kappa shape index (κ2) is 8.96. The highest BCUT2D eigenvalue weighted by molar-refractivity contribution is 6.42. The van der Waals surface area contributed by atoms with Crippen LogP contribution in [-0.4, -0.2) is 30.9 Å². The molecule has 1 fully saturated rings. The molecule has 2 aromatic rings. The van der Waals surface area contributed by atoms with Crippen LogP contribution >= 0.6 is 23.2 Å². The predicted octanol–water partition coefficient (Wildman–Crippen LogP) is 4.31. The first kappa shape index (κ1) is 20.0. The van der Waals surface area contributed by atoms with Gasteiger partial charge in [0.2, 0.25) is 5.91 Å². The first-order valence-electron chi connectivity index (χ1n) is 9.12. The van der Waals surface area contributed by atoms with Gasteiger partial charge in [-0.3, -0.25) is 9.69 Å². The summed E-state index contributed by atoms with van der Waals surface area (Å²) in [5, 5.41) is 3.79. The number of aryl methyl sites for hydroxylation is 1. The number of carbonyl (C=O) groups is 1. The standard InChI is InChI=1S/C21H24Cl2N2O2/c1-3-16-8-14(10-25-11-17(12-25)21(26)24-2)5-7-20(16)27-13-15-4-6-18(22)19(23)9-15/h4-9,17H,3,10-13H2,1-2H3,(H,24,26). The minimum atomic E-state index is 0.120. The van der Waals surface area contributed by atoms with Crippen molar-refractivity contribution in [3.63, 3.8) is 0 Å². The fraction of sp³-hybridized carbons (Fsp3) is 0.381. The molecule has 0 radical (unpaired) electrons. The second-order valence-corrected chi connectivity index (χ2v) is 7.65. The molecule has 3 rings (SSSR count). The Kier molecular flexibility index (Phi) is 6.64. The molecule has 0 bridgehead atoms. The summed E-state index contributed by atoms with van der Waals surface area (Å²) in [5.41, 5.74) is 3.40. The van der Waals surface area contributed by atoms with Crippen LogP contribution in [0.1, 0.15) is 23.6 Å². The summed E-state index contributed by atoms with van der Waals surface area (Å²) in [6.45, 7) is 5.06. The topological polar surface area (TPSA) is 41.6 Å². The van der Waals surface area contributed by atoms with Gasteiger partial charge in [-0.05, 0) is 41.3 Å². The minimum absolute atomic E-state index is 0.120. The van der Waals surface area contributed by atoms with E-state index in [0.29, 0.717) is 16.7 Å². The molecule has 6 heteroatoms. The van der Waals surface area contributed by atoms with E-state index in [1.54, 1.807) is 13.1 Å². The molecule has 0 atom stereocenters. The third-order valence-corrected chi connectivity index (χ3v) is 5.60. The Balaban J connectivity index is 1.59. The first-order chi connectivity index (χ1) is 13.0. The summed E-state index contributed by atoms with van der Waals surface area (Å²) >= 11 is 12.0. The summed E-state index contributed by atoms with van der Waals surface area (Å²) in [4.78, 5) is 13.9. The predicted molar refractivity (Wildman–Crippen MR) is 109 cm³/mol. The van der Waals surface area contributed by atoms with Gasteiger partial charge in [0.05, 0.1) is 16.0 Å². The van der Waals surface area contributed by atoms with Gasteiger partial charge in [-0.15, -0.1) is 0 Å². The fourth-order valence-electron chi connectivity index (χ4n) is 3.27. The van der Waals surface area contributed by atoms with Gasteiger partial charge < -0.3 is 10.1 Å². The SMILES string of the molecule is CCc1cc(CN2CC(C(=O)NC)C2)ccc1OCc1ccc(Cl)c(Cl)c1. The highest BCUT2D eigenvalue weighted by atomic mass is 35.5. The number of nitrogens with zero attached hydrogens (tertiary/aromatic N) is 1. The molecule has 2 aromatic carbocycles. The lowest BCUT2D eigenvalue weighted by molar-refractivity contribution is -0.129. The zero-order valence-corrected chi connectivity index (χ0v) is 17.1. The van der Waals surface area contributed by atoms with E-state index < -0.39 is 0 Å². The Bertz CT molecular complexity index is 820. The lowest BCUT2D eigenvalue weighted by Crippen LogP contribution is -2.52. The molecule has 1 N–H and O–H groups in total. The van der Waals surface area contributed by atoms with Crippen LogP contribution in [0.4, 0.5) is 0 Å². The molecule has 1 heterocycles. The van der Waals surface area contributed by atoms with Crippen LogP contribution in [0.3, 0.4) is 0 Å². The van der Waals surface area contributed by atoms with Crippen molar-refractivity contribution >= 4 is 29.1 Å². The average Bonchev–Trinajstić information content (AvgIpc) is 2.65. The molecule has 4 nitrogen and oxygen atoms in total. The van der Waals surface area contributed by atoms with E-state index in [-0.39, 0.29) is 11.8 Å². The Hall–Kier alpha value is -1.75. The maximum Gasteiger partial charge on any atom is 0.225 e. The monoisotopic (exact) mass is 406 g/mol. The number of nitrogens with one attached hydrogen (secondary N) is 1. The molecule has 0 aliphatic carbocycles. The zero-order valence-electron chi connectivity index (χ0n) is 15.6. The molecule has 0 unspecified atom stereocenters. The van der Waals surface area contributed by atoms with Crippen LogP contribution < -0.4 is 10.1 Å². The smallest absolute Gasteiger partial charge is 0.225 e. The van der Waals surface area contributed by atoms with E-state index in [0.717, 1.165) is 37.4 Å². The molecular formula is C21H24Cl2N2O2. The van der Waals surface area contributed by atoms with Gasteiger partial charge in [-0.2, -0.15) is 0 Å². The molecule has 144 valence electrons. The summed E-state index contributed by atoms with van der Waals surface area (Å²) in [7, 11) is 1.69. The number of halogens is 2. The number of hydrogen-bond acceptors (Lipinski definition) is 3. The summed E-state index contributed by atoms with van der Waals surface area (Å²) in [6, 6.07) is 11.8. The van der Waals surface area contributed by atoms with Crippen molar-refractivity contribution in [2.75, 3.05) is 20.1 Å². The van der Waals surface area contributed by atoms with Crippen molar-refractivity contribution in [1.82, 2.24) is 10.2 Å². The van der Waals surface area contributed by atoms with Crippen molar-refractivity contribution in [2.24, 2.45) is 5.92 Å². The van der Waals surface area contributed by atoms with Crippen LogP contribution in [0.5, 0.6) is 5.75 Å². The Morgan fingerprint density at radius 3 is 2.56 bits per heavy atom. The number of amides is 1. The Morgan fingerprint density at radius 2 is 1.89 bits per heavy atom. The van der Waals surface area contributed by atoms with Gasteiger partial charge in [0.15, 0.2) is 0 Å². The Labute approximate surface area is 170 Å².